The summed E-state index contributed by atoms with van der Waals surface area (Å²) in [5.74, 6) is 1.71. The average molecular weight is 337 g/mol. The van der Waals surface area contributed by atoms with Crippen molar-refractivity contribution in [2.24, 2.45) is 0 Å². The lowest BCUT2D eigenvalue weighted by Gasteiger charge is -2.04. The molecule has 0 spiro atoms. The molecule has 1 aromatic heterocycles. The maximum Gasteiger partial charge on any atom is 0.269 e. The number of thioether (sulfide) groups is 1. The van der Waals surface area contributed by atoms with Crippen molar-refractivity contribution >= 4 is 17.7 Å². The second kappa shape index (κ2) is 8.36. The maximum absolute atomic E-state index is 12.1. The third-order valence-corrected chi connectivity index (χ3v) is 4.57. The third-order valence-electron chi connectivity index (χ3n) is 3.54. The number of carbonyl (C=O) groups excluding carboxylic acids is 1. The summed E-state index contributed by atoms with van der Waals surface area (Å²) < 4.78 is 0. The van der Waals surface area contributed by atoms with Gasteiger partial charge in [-0.05, 0) is 11.6 Å². The number of hydrogen-bond donors (Lipinski definition) is 2. The molecule has 0 atom stereocenters. The van der Waals surface area contributed by atoms with E-state index in [1.807, 2.05) is 48.5 Å². The van der Waals surface area contributed by atoms with E-state index in [-0.39, 0.29) is 5.91 Å². The Kier molecular flexibility index (Phi) is 5.69. The lowest BCUT2D eigenvalue weighted by atomic mass is 10.1. The molecule has 0 aliphatic heterocycles. The van der Waals surface area contributed by atoms with Crippen LogP contribution in [0.3, 0.4) is 0 Å². The molecule has 0 aliphatic carbocycles. The molecule has 2 N–H and O–H groups in total. The van der Waals surface area contributed by atoms with Crippen LogP contribution in [0, 0.1) is 0 Å². The summed E-state index contributed by atoms with van der Waals surface area (Å²) >= 11 is 1.81. The van der Waals surface area contributed by atoms with Crippen LogP contribution in [-0.4, -0.2) is 28.4 Å². The Morgan fingerprint density at radius 2 is 1.75 bits per heavy atom. The van der Waals surface area contributed by atoms with Crippen molar-refractivity contribution in [3.63, 3.8) is 0 Å². The Balaban J connectivity index is 1.43. The van der Waals surface area contributed by atoms with E-state index in [0.29, 0.717) is 12.2 Å². The number of carbonyl (C=O) groups is 1. The molecule has 1 amide bonds. The number of amides is 1. The van der Waals surface area contributed by atoms with Crippen molar-refractivity contribution in [3.05, 3.63) is 78.0 Å². The number of aromatic amines is 1. The fourth-order valence-corrected chi connectivity index (χ4v) is 3.11. The Hall–Kier alpha value is -2.53. The van der Waals surface area contributed by atoms with E-state index < -0.39 is 0 Å². The van der Waals surface area contributed by atoms with Gasteiger partial charge in [0.25, 0.3) is 5.91 Å². The number of nitrogens with zero attached hydrogens (tertiary/aromatic N) is 1. The van der Waals surface area contributed by atoms with Gasteiger partial charge in [-0.1, -0.05) is 60.7 Å². The average Bonchev–Trinajstić information content (AvgIpc) is 3.13. The van der Waals surface area contributed by atoms with E-state index in [9.17, 15) is 4.79 Å². The summed E-state index contributed by atoms with van der Waals surface area (Å²) in [6, 6.07) is 21.9. The Morgan fingerprint density at radius 1 is 1.04 bits per heavy atom. The molecule has 24 heavy (non-hydrogen) atoms. The molecule has 3 aromatic rings. The summed E-state index contributed by atoms with van der Waals surface area (Å²) in [6.45, 7) is 0.635. The molecule has 0 radical (unpaired) electrons. The van der Waals surface area contributed by atoms with Crippen molar-refractivity contribution in [2.75, 3.05) is 12.3 Å². The summed E-state index contributed by atoms with van der Waals surface area (Å²) in [5, 5.41) is 9.92. The van der Waals surface area contributed by atoms with Crippen molar-refractivity contribution in [1.82, 2.24) is 15.5 Å². The van der Waals surface area contributed by atoms with Crippen LogP contribution >= 0.6 is 11.8 Å². The van der Waals surface area contributed by atoms with E-state index in [1.165, 1.54) is 5.56 Å². The summed E-state index contributed by atoms with van der Waals surface area (Å²) in [5.41, 5.74) is 3.56. The minimum Gasteiger partial charge on any atom is -0.350 e. The van der Waals surface area contributed by atoms with Crippen LogP contribution in [0.4, 0.5) is 0 Å². The first-order chi connectivity index (χ1) is 11.8. The van der Waals surface area contributed by atoms with E-state index in [0.717, 1.165) is 22.8 Å². The molecule has 4 nitrogen and oxygen atoms in total. The highest BCUT2D eigenvalue weighted by Gasteiger charge is 2.10. The van der Waals surface area contributed by atoms with Crippen molar-refractivity contribution in [1.29, 1.82) is 0 Å². The minimum absolute atomic E-state index is 0.120. The highest BCUT2D eigenvalue weighted by molar-refractivity contribution is 7.98. The van der Waals surface area contributed by atoms with Gasteiger partial charge < -0.3 is 5.32 Å². The molecular weight excluding hydrogens is 318 g/mol. The predicted molar refractivity (Wildman–Crippen MR) is 99.0 cm³/mol. The van der Waals surface area contributed by atoms with Crippen LogP contribution in [0.25, 0.3) is 11.3 Å². The van der Waals surface area contributed by atoms with Gasteiger partial charge in [0, 0.05) is 23.6 Å². The number of benzene rings is 2. The highest BCUT2D eigenvalue weighted by atomic mass is 32.2. The van der Waals surface area contributed by atoms with Gasteiger partial charge in [-0.25, -0.2) is 0 Å². The molecule has 0 fully saturated rings. The lowest BCUT2D eigenvalue weighted by Crippen LogP contribution is -2.26. The number of aromatic nitrogens is 2. The molecule has 0 saturated heterocycles. The van der Waals surface area contributed by atoms with Gasteiger partial charge in [-0.15, -0.1) is 0 Å². The second-order valence-corrected chi connectivity index (χ2v) is 6.43. The zero-order valence-corrected chi connectivity index (χ0v) is 14.1. The third kappa shape index (κ3) is 4.49. The lowest BCUT2D eigenvalue weighted by molar-refractivity contribution is 0.0951. The SMILES string of the molecule is O=C(NCCSCc1ccccc1)c1cc(-c2ccccc2)n[nH]1. The molecule has 3 rings (SSSR count). The van der Waals surface area contributed by atoms with Gasteiger partial charge in [0.05, 0.1) is 5.69 Å². The predicted octanol–water partition coefficient (Wildman–Crippen LogP) is 3.74. The van der Waals surface area contributed by atoms with Crippen LogP contribution < -0.4 is 5.32 Å². The maximum atomic E-state index is 12.1. The molecule has 0 unspecified atom stereocenters. The molecule has 0 saturated carbocycles. The van der Waals surface area contributed by atoms with E-state index in [2.05, 4.69) is 27.6 Å². The largest absolute Gasteiger partial charge is 0.350 e. The molecular formula is C19H19N3OS. The van der Waals surface area contributed by atoms with Crippen LogP contribution in [0.5, 0.6) is 0 Å². The number of hydrogen-bond acceptors (Lipinski definition) is 3. The zero-order chi connectivity index (χ0) is 16.6. The van der Waals surface area contributed by atoms with Gasteiger partial charge in [-0.2, -0.15) is 16.9 Å². The first-order valence-electron chi connectivity index (χ1n) is 7.83. The number of nitrogens with one attached hydrogen (secondary N) is 2. The van der Waals surface area contributed by atoms with E-state index >= 15 is 0 Å². The van der Waals surface area contributed by atoms with Gasteiger partial charge in [0.15, 0.2) is 0 Å². The Bertz CT molecular complexity index is 772. The molecule has 5 heteroatoms. The van der Waals surface area contributed by atoms with Crippen molar-refractivity contribution in [3.8, 4) is 11.3 Å². The summed E-state index contributed by atoms with van der Waals surface area (Å²) in [4.78, 5) is 12.1. The van der Waals surface area contributed by atoms with Crippen LogP contribution in [0.1, 0.15) is 16.1 Å². The van der Waals surface area contributed by atoms with Gasteiger partial charge >= 0.3 is 0 Å². The first kappa shape index (κ1) is 16.3. The molecule has 2 aromatic carbocycles. The minimum atomic E-state index is -0.120. The molecule has 122 valence electrons. The number of rotatable bonds is 7. The fourth-order valence-electron chi connectivity index (χ4n) is 2.29. The first-order valence-corrected chi connectivity index (χ1v) is 8.99. The quantitative estimate of drug-likeness (QED) is 0.646. The normalized spacial score (nSPS) is 10.5. The Labute approximate surface area is 145 Å². The fraction of sp³-hybridized carbons (Fsp3) is 0.158. The van der Waals surface area contributed by atoms with Gasteiger partial charge in [0.1, 0.15) is 5.69 Å². The molecule has 0 aliphatic rings. The zero-order valence-electron chi connectivity index (χ0n) is 13.2. The van der Waals surface area contributed by atoms with Crippen LogP contribution in [0.2, 0.25) is 0 Å². The van der Waals surface area contributed by atoms with Crippen LogP contribution in [0.15, 0.2) is 66.7 Å². The molecule has 1 heterocycles. The van der Waals surface area contributed by atoms with Crippen molar-refractivity contribution in [2.45, 2.75) is 5.75 Å². The van der Waals surface area contributed by atoms with E-state index in [4.69, 9.17) is 0 Å². The Morgan fingerprint density at radius 3 is 2.50 bits per heavy atom. The van der Waals surface area contributed by atoms with Crippen molar-refractivity contribution < 1.29 is 4.79 Å². The van der Waals surface area contributed by atoms with Gasteiger partial charge in [0.2, 0.25) is 0 Å². The summed E-state index contributed by atoms with van der Waals surface area (Å²) in [6.07, 6.45) is 0. The van der Waals surface area contributed by atoms with Gasteiger partial charge in [-0.3, -0.25) is 9.89 Å². The number of H-pyrrole nitrogens is 1. The topological polar surface area (TPSA) is 57.8 Å². The van der Waals surface area contributed by atoms with E-state index in [1.54, 1.807) is 17.8 Å². The standard InChI is InChI=1S/C19H19N3OS/c23-19(20-11-12-24-14-15-7-3-1-4-8-15)18-13-17(21-22-18)16-9-5-2-6-10-16/h1-10,13H,11-12,14H2,(H,20,23)(H,21,22). The monoisotopic (exact) mass is 337 g/mol. The smallest absolute Gasteiger partial charge is 0.269 e. The summed E-state index contributed by atoms with van der Waals surface area (Å²) in [7, 11) is 0. The highest BCUT2D eigenvalue weighted by Crippen LogP contribution is 2.16. The van der Waals surface area contributed by atoms with Crippen LogP contribution in [-0.2, 0) is 5.75 Å². The second-order valence-electron chi connectivity index (χ2n) is 5.33. The molecule has 0 bridgehead atoms.